The number of nitrogens with zero attached hydrogens (tertiary/aromatic N) is 1. The summed E-state index contributed by atoms with van der Waals surface area (Å²) < 4.78 is 0. The number of nitrogens with one attached hydrogen (secondary N) is 2. The van der Waals surface area contributed by atoms with E-state index in [0.717, 1.165) is 6.54 Å². The topological polar surface area (TPSA) is 40.7 Å². The Balaban J connectivity index is 1.78. The van der Waals surface area contributed by atoms with Crippen LogP contribution in [0, 0.1) is 0 Å². The van der Waals surface area contributed by atoms with E-state index in [1.54, 1.807) is 22.7 Å². The van der Waals surface area contributed by atoms with Crippen molar-refractivity contribution in [2.75, 3.05) is 0 Å². The van der Waals surface area contributed by atoms with Crippen molar-refractivity contribution in [1.29, 1.82) is 0 Å². The minimum Gasteiger partial charge on any atom is -0.301 e. The molecule has 2 N–H and O–H groups in total. The minimum atomic E-state index is 0.278. The molecule has 3 rings (SSSR count). The summed E-state index contributed by atoms with van der Waals surface area (Å²) in [6.45, 7) is 0.816. The summed E-state index contributed by atoms with van der Waals surface area (Å²) in [7, 11) is 0. The van der Waals surface area contributed by atoms with Crippen LogP contribution in [0.4, 0.5) is 0 Å². The van der Waals surface area contributed by atoms with Crippen molar-refractivity contribution in [2.24, 2.45) is 0 Å². The zero-order chi connectivity index (χ0) is 12.2. The van der Waals surface area contributed by atoms with Crippen molar-refractivity contribution in [3.63, 3.8) is 0 Å². The van der Waals surface area contributed by atoms with Crippen LogP contribution < -0.4 is 5.32 Å². The zero-order valence-corrected chi connectivity index (χ0v) is 11.3. The van der Waals surface area contributed by atoms with Crippen LogP contribution in [-0.4, -0.2) is 10.2 Å². The molecule has 5 heteroatoms. The molecule has 0 radical (unpaired) electrons. The predicted molar refractivity (Wildman–Crippen MR) is 75.9 cm³/mol. The fraction of sp³-hybridized carbons (Fsp3) is 0.154. The van der Waals surface area contributed by atoms with Crippen molar-refractivity contribution < 1.29 is 0 Å². The summed E-state index contributed by atoms with van der Waals surface area (Å²) >= 11 is 3.57. The van der Waals surface area contributed by atoms with Gasteiger partial charge in [0.1, 0.15) is 0 Å². The molecule has 0 saturated heterocycles. The van der Waals surface area contributed by atoms with Gasteiger partial charge in [-0.25, -0.2) is 0 Å². The van der Waals surface area contributed by atoms with Crippen LogP contribution in [-0.2, 0) is 6.54 Å². The number of hydrogen-bond acceptors (Lipinski definition) is 4. The Morgan fingerprint density at radius 2 is 1.89 bits per heavy atom. The standard InChI is InChI=1S/C13H13N3S2/c1-3-11(17-5-1)13(12-4-2-6-18-12)14-7-10-8-15-16-9-10/h1-6,8-9,13-14H,7H2,(H,15,16). The van der Waals surface area contributed by atoms with Crippen LogP contribution in [0.25, 0.3) is 0 Å². The molecular weight excluding hydrogens is 262 g/mol. The third kappa shape index (κ3) is 2.53. The molecule has 0 aliphatic heterocycles. The molecule has 3 aromatic heterocycles. The average Bonchev–Trinajstić information content (AvgIpc) is 3.14. The van der Waals surface area contributed by atoms with Crippen LogP contribution in [0.2, 0.25) is 0 Å². The monoisotopic (exact) mass is 275 g/mol. The molecule has 0 atom stereocenters. The fourth-order valence-electron chi connectivity index (χ4n) is 1.85. The van der Waals surface area contributed by atoms with E-state index >= 15 is 0 Å². The van der Waals surface area contributed by atoms with Crippen molar-refractivity contribution in [3.05, 3.63) is 62.7 Å². The Hall–Kier alpha value is -1.43. The minimum absolute atomic E-state index is 0.278. The second-order valence-corrected chi connectivity index (χ2v) is 5.91. The van der Waals surface area contributed by atoms with Gasteiger partial charge < -0.3 is 5.32 Å². The Bertz CT molecular complexity index is 521. The first-order valence-corrected chi connectivity index (χ1v) is 7.47. The van der Waals surface area contributed by atoms with Crippen LogP contribution in [0.15, 0.2) is 47.4 Å². The van der Waals surface area contributed by atoms with Gasteiger partial charge in [0, 0.05) is 28.1 Å². The van der Waals surface area contributed by atoms with Crippen molar-refractivity contribution in [1.82, 2.24) is 15.5 Å². The first-order valence-electron chi connectivity index (χ1n) is 5.71. The summed E-state index contributed by atoms with van der Waals surface area (Å²) in [6, 6.07) is 8.83. The van der Waals surface area contributed by atoms with Gasteiger partial charge in [0.05, 0.1) is 12.2 Å². The van der Waals surface area contributed by atoms with E-state index in [4.69, 9.17) is 0 Å². The van der Waals surface area contributed by atoms with Gasteiger partial charge in [0.25, 0.3) is 0 Å². The fourth-order valence-corrected chi connectivity index (χ4v) is 3.56. The average molecular weight is 275 g/mol. The summed E-state index contributed by atoms with van der Waals surface area (Å²) in [5, 5.41) is 14.6. The van der Waals surface area contributed by atoms with Crippen molar-refractivity contribution >= 4 is 22.7 Å². The quantitative estimate of drug-likeness (QED) is 0.749. The van der Waals surface area contributed by atoms with E-state index < -0.39 is 0 Å². The highest BCUT2D eigenvalue weighted by Gasteiger charge is 2.15. The second-order valence-electron chi connectivity index (χ2n) is 3.95. The summed E-state index contributed by atoms with van der Waals surface area (Å²) in [5.74, 6) is 0. The van der Waals surface area contributed by atoms with Gasteiger partial charge in [-0.3, -0.25) is 5.10 Å². The molecule has 0 aromatic carbocycles. The van der Waals surface area contributed by atoms with Crippen molar-refractivity contribution in [2.45, 2.75) is 12.6 Å². The molecule has 3 nitrogen and oxygen atoms in total. The Morgan fingerprint density at radius 3 is 2.39 bits per heavy atom. The molecule has 0 aliphatic carbocycles. The number of hydrogen-bond donors (Lipinski definition) is 2. The smallest absolute Gasteiger partial charge is 0.0767 e. The highest BCUT2D eigenvalue weighted by atomic mass is 32.1. The van der Waals surface area contributed by atoms with Gasteiger partial charge in [-0.05, 0) is 22.9 Å². The van der Waals surface area contributed by atoms with Gasteiger partial charge >= 0.3 is 0 Å². The normalized spacial score (nSPS) is 11.2. The summed E-state index contributed by atoms with van der Waals surface area (Å²) in [6.07, 6.45) is 3.78. The maximum atomic E-state index is 3.97. The SMILES string of the molecule is c1csc(C(NCc2cn[nH]c2)c2cccs2)c1. The predicted octanol–water partition coefficient (Wildman–Crippen LogP) is 3.41. The Kier molecular flexibility index (Phi) is 3.54. The number of thiophene rings is 2. The van der Waals surface area contributed by atoms with Gasteiger partial charge in [-0.2, -0.15) is 5.10 Å². The highest BCUT2D eigenvalue weighted by Crippen LogP contribution is 2.29. The van der Waals surface area contributed by atoms with Gasteiger partial charge in [0.15, 0.2) is 0 Å². The lowest BCUT2D eigenvalue weighted by Gasteiger charge is -2.15. The Labute approximate surface area is 114 Å². The number of aromatic nitrogens is 2. The lowest BCUT2D eigenvalue weighted by molar-refractivity contribution is 0.621. The third-order valence-corrected chi connectivity index (χ3v) is 4.59. The third-order valence-electron chi connectivity index (χ3n) is 2.72. The zero-order valence-electron chi connectivity index (χ0n) is 9.67. The molecule has 0 bridgehead atoms. The van der Waals surface area contributed by atoms with E-state index in [0.29, 0.717) is 0 Å². The van der Waals surface area contributed by atoms with E-state index in [9.17, 15) is 0 Å². The van der Waals surface area contributed by atoms with Crippen molar-refractivity contribution in [3.8, 4) is 0 Å². The number of H-pyrrole nitrogens is 1. The lowest BCUT2D eigenvalue weighted by atomic mass is 10.2. The van der Waals surface area contributed by atoms with Gasteiger partial charge in [-0.1, -0.05) is 12.1 Å². The molecule has 3 aromatic rings. The number of aromatic amines is 1. The first-order chi connectivity index (χ1) is 8.93. The maximum Gasteiger partial charge on any atom is 0.0767 e. The lowest BCUT2D eigenvalue weighted by Crippen LogP contribution is -2.20. The van der Waals surface area contributed by atoms with Gasteiger partial charge in [0.2, 0.25) is 0 Å². The molecule has 0 unspecified atom stereocenters. The summed E-state index contributed by atoms with van der Waals surface area (Å²) in [5.41, 5.74) is 1.17. The molecule has 0 amide bonds. The molecule has 92 valence electrons. The molecule has 0 saturated carbocycles. The van der Waals surface area contributed by atoms with E-state index in [-0.39, 0.29) is 6.04 Å². The molecule has 18 heavy (non-hydrogen) atoms. The van der Waals surface area contributed by atoms with Crippen LogP contribution >= 0.6 is 22.7 Å². The van der Waals surface area contributed by atoms with E-state index in [1.807, 2.05) is 12.4 Å². The molecular formula is C13H13N3S2. The molecule has 3 heterocycles. The molecule has 0 fully saturated rings. The highest BCUT2D eigenvalue weighted by molar-refractivity contribution is 7.11. The van der Waals surface area contributed by atoms with Crippen LogP contribution in [0.5, 0.6) is 0 Å². The molecule has 0 spiro atoms. The molecule has 0 aliphatic rings. The van der Waals surface area contributed by atoms with Crippen LogP contribution in [0.1, 0.15) is 21.4 Å². The Morgan fingerprint density at radius 1 is 1.17 bits per heavy atom. The second kappa shape index (κ2) is 5.48. The number of rotatable bonds is 5. The van der Waals surface area contributed by atoms with Crippen LogP contribution in [0.3, 0.4) is 0 Å². The maximum absolute atomic E-state index is 3.97. The van der Waals surface area contributed by atoms with Gasteiger partial charge in [-0.15, -0.1) is 22.7 Å². The van der Waals surface area contributed by atoms with E-state index in [1.165, 1.54) is 15.3 Å². The van der Waals surface area contributed by atoms with E-state index in [2.05, 4.69) is 50.5 Å². The summed E-state index contributed by atoms with van der Waals surface area (Å²) in [4.78, 5) is 2.70. The largest absolute Gasteiger partial charge is 0.301 e. The first kappa shape index (κ1) is 11.6.